The molecule has 0 aliphatic rings. The van der Waals surface area contributed by atoms with Crippen LogP contribution in [-0.2, 0) is 6.42 Å². The predicted octanol–water partition coefficient (Wildman–Crippen LogP) is 5.87. The van der Waals surface area contributed by atoms with Gasteiger partial charge < -0.3 is 0 Å². The highest BCUT2D eigenvalue weighted by atomic mass is 32.1. The molecule has 0 unspecified atom stereocenters. The average Bonchev–Trinajstić information content (AvgIpc) is 2.83. The summed E-state index contributed by atoms with van der Waals surface area (Å²) in [6, 6.07) is 2.38. The van der Waals surface area contributed by atoms with Crippen molar-refractivity contribution < 1.29 is 0 Å². The molecule has 16 heavy (non-hydrogen) atoms. The van der Waals surface area contributed by atoms with Crippen LogP contribution in [0.15, 0.2) is 16.8 Å². The summed E-state index contributed by atoms with van der Waals surface area (Å²) in [4.78, 5) is 1.58. The second-order valence-corrected chi connectivity index (χ2v) is 6.33. The van der Waals surface area contributed by atoms with Gasteiger partial charge in [0.2, 0.25) is 0 Å². The third-order valence-electron chi connectivity index (χ3n) is 2.99. The number of hydrogen-bond acceptors (Lipinski definition) is 2. The molecule has 2 aromatic heterocycles. The molecule has 0 bridgehead atoms. The molecule has 0 spiro atoms. The molecule has 0 radical (unpaired) electrons. The van der Waals surface area contributed by atoms with Crippen molar-refractivity contribution in [3.05, 3.63) is 21.7 Å². The molecule has 0 N–H and O–H groups in total. The van der Waals surface area contributed by atoms with E-state index in [9.17, 15) is 0 Å². The smallest absolute Gasteiger partial charge is 0.0452 e. The molecular weight excluding hydrogens is 232 g/mol. The van der Waals surface area contributed by atoms with E-state index in [1.54, 1.807) is 4.88 Å². The van der Waals surface area contributed by atoms with E-state index < -0.39 is 0 Å². The van der Waals surface area contributed by atoms with Gasteiger partial charge in [0.1, 0.15) is 0 Å². The van der Waals surface area contributed by atoms with Crippen molar-refractivity contribution in [2.24, 2.45) is 0 Å². The zero-order chi connectivity index (χ0) is 11.2. The lowest BCUT2D eigenvalue weighted by Gasteiger charge is -1.98. The van der Waals surface area contributed by atoms with Crippen LogP contribution in [0, 0.1) is 0 Å². The van der Waals surface area contributed by atoms with Crippen LogP contribution in [0.2, 0.25) is 0 Å². The molecule has 2 aromatic rings. The van der Waals surface area contributed by atoms with Gasteiger partial charge in [-0.1, -0.05) is 39.0 Å². The fourth-order valence-corrected chi connectivity index (χ4v) is 4.08. The zero-order valence-corrected chi connectivity index (χ0v) is 11.6. The summed E-state index contributed by atoms with van der Waals surface area (Å²) in [6.45, 7) is 2.28. The van der Waals surface area contributed by atoms with E-state index in [1.807, 2.05) is 22.7 Å². The predicted molar refractivity (Wildman–Crippen MR) is 76.8 cm³/mol. The summed E-state index contributed by atoms with van der Waals surface area (Å²) >= 11 is 3.80. The molecule has 0 nitrogen and oxygen atoms in total. The van der Waals surface area contributed by atoms with Gasteiger partial charge in [0, 0.05) is 20.3 Å². The quantitative estimate of drug-likeness (QED) is 0.541. The zero-order valence-electron chi connectivity index (χ0n) is 10.00. The molecular formula is C14H20S2. The van der Waals surface area contributed by atoms with Crippen LogP contribution in [0.3, 0.4) is 0 Å². The van der Waals surface area contributed by atoms with Gasteiger partial charge in [0.25, 0.3) is 0 Å². The van der Waals surface area contributed by atoms with E-state index in [-0.39, 0.29) is 0 Å². The Kier molecular flexibility index (Phi) is 4.86. The number of thiophene rings is 2. The van der Waals surface area contributed by atoms with E-state index >= 15 is 0 Å². The summed E-state index contributed by atoms with van der Waals surface area (Å²) in [5.41, 5.74) is 0. The van der Waals surface area contributed by atoms with E-state index in [4.69, 9.17) is 0 Å². The molecule has 0 saturated heterocycles. The molecule has 0 saturated carbocycles. The molecule has 0 atom stereocenters. The van der Waals surface area contributed by atoms with Crippen LogP contribution in [0.25, 0.3) is 10.1 Å². The fourth-order valence-electron chi connectivity index (χ4n) is 2.03. The first-order valence-corrected chi connectivity index (χ1v) is 8.10. The Hall–Kier alpha value is -0.340. The SMILES string of the molecule is CCCCCCCCc1cc2cscc2s1. The molecule has 0 aliphatic carbocycles. The van der Waals surface area contributed by atoms with Crippen LogP contribution in [0.4, 0.5) is 0 Å². The number of rotatable bonds is 7. The molecule has 2 rings (SSSR count). The Labute approximate surface area is 106 Å². The van der Waals surface area contributed by atoms with Crippen molar-refractivity contribution in [2.45, 2.75) is 51.9 Å². The second-order valence-electron chi connectivity index (χ2n) is 4.42. The maximum absolute atomic E-state index is 2.38. The summed E-state index contributed by atoms with van der Waals surface area (Å²) in [5, 5.41) is 5.98. The van der Waals surface area contributed by atoms with Crippen molar-refractivity contribution in [2.75, 3.05) is 0 Å². The lowest BCUT2D eigenvalue weighted by molar-refractivity contribution is 0.609. The summed E-state index contributed by atoms with van der Waals surface area (Å²) in [7, 11) is 0. The Morgan fingerprint density at radius 1 is 1.00 bits per heavy atom. The Balaban J connectivity index is 1.68. The Bertz CT molecular complexity index is 382. The van der Waals surface area contributed by atoms with Crippen molar-refractivity contribution in [1.82, 2.24) is 0 Å². The summed E-state index contributed by atoms with van der Waals surface area (Å²) < 4.78 is 1.48. The van der Waals surface area contributed by atoms with Gasteiger partial charge in [0.05, 0.1) is 0 Å². The lowest BCUT2D eigenvalue weighted by Crippen LogP contribution is -1.82. The van der Waals surface area contributed by atoms with Crippen molar-refractivity contribution in [3.63, 3.8) is 0 Å². The van der Waals surface area contributed by atoms with Crippen LogP contribution < -0.4 is 0 Å². The van der Waals surface area contributed by atoms with Gasteiger partial charge in [0.15, 0.2) is 0 Å². The van der Waals surface area contributed by atoms with E-state index in [2.05, 4.69) is 23.8 Å². The van der Waals surface area contributed by atoms with Crippen LogP contribution in [-0.4, -0.2) is 0 Å². The number of hydrogen-bond donors (Lipinski definition) is 0. The highest BCUT2D eigenvalue weighted by Gasteiger charge is 2.01. The van der Waals surface area contributed by atoms with Gasteiger partial charge in [-0.2, -0.15) is 11.3 Å². The minimum Gasteiger partial charge on any atom is -0.150 e. The standard InChI is InChI=1S/C14H20S2/c1-2-3-4-5-6-7-8-13-9-12-10-15-11-14(12)16-13/h9-11H,2-8H2,1H3. The second kappa shape index (κ2) is 6.41. The molecule has 88 valence electrons. The first kappa shape index (κ1) is 12.1. The molecule has 0 fully saturated rings. The highest BCUT2D eigenvalue weighted by molar-refractivity contribution is 7.22. The fraction of sp³-hybridized carbons (Fsp3) is 0.571. The Morgan fingerprint density at radius 3 is 2.62 bits per heavy atom. The van der Waals surface area contributed by atoms with Crippen LogP contribution >= 0.6 is 22.7 Å². The van der Waals surface area contributed by atoms with Crippen molar-refractivity contribution in [1.29, 1.82) is 0 Å². The molecule has 0 aromatic carbocycles. The number of fused-ring (bicyclic) bond motifs is 1. The van der Waals surface area contributed by atoms with Gasteiger partial charge >= 0.3 is 0 Å². The average molecular weight is 252 g/mol. The molecule has 2 heteroatoms. The van der Waals surface area contributed by atoms with E-state index in [1.165, 1.54) is 55.0 Å². The largest absolute Gasteiger partial charge is 0.150 e. The topological polar surface area (TPSA) is 0 Å². The van der Waals surface area contributed by atoms with Crippen LogP contribution in [0.5, 0.6) is 0 Å². The summed E-state index contributed by atoms with van der Waals surface area (Å²) in [5.74, 6) is 0. The lowest BCUT2D eigenvalue weighted by atomic mass is 10.1. The van der Waals surface area contributed by atoms with Gasteiger partial charge in [-0.25, -0.2) is 0 Å². The minimum absolute atomic E-state index is 1.29. The summed E-state index contributed by atoms with van der Waals surface area (Å²) in [6.07, 6.45) is 9.68. The maximum atomic E-state index is 2.38. The number of aryl methyl sites for hydroxylation is 1. The van der Waals surface area contributed by atoms with Crippen molar-refractivity contribution >= 4 is 32.8 Å². The van der Waals surface area contributed by atoms with Gasteiger partial charge in [-0.15, -0.1) is 11.3 Å². The van der Waals surface area contributed by atoms with Crippen molar-refractivity contribution in [3.8, 4) is 0 Å². The van der Waals surface area contributed by atoms with E-state index in [0.717, 1.165) is 0 Å². The van der Waals surface area contributed by atoms with Crippen LogP contribution in [0.1, 0.15) is 50.3 Å². The first-order chi connectivity index (χ1) is 7.90. The van der Waals surface area contributed by atoms with Gasteiger partial charge in [-0.05, 0) is 24.3 Å². The minimum atomic E-state index is 1.29. The third-order valence-corrected chi connectivity index (χ3v) is 5.06. The normalized spacial score (nSPS) is 11.3. The number of unbranched alkanes of at least 4 members (excludes halogenated alkanes) is 5. The monoisotopic (exact) mass is 252 g/mol. The molecule has 0 aliphatic heterocycles. The van der Waals surface area contributed by atoms with Gasteiger partial charge in [-0.3, -0.25) is 0 Å². The first-order valence-electron chi connectivity index (χ1n) is 6.35. The highest BCUT2D eigenvalue weighted by Crippen LogP contribution is 2.29. The van der Waals surface area contributed by atoms with E-state index in [0.29, 0.717) is 0 Å². The maximum Gasteiger partial charge on any atom is 0.0452 e. The third kappa shape index (κ3) is 3.33. The molecule has 0 amide bonds. The molecule has 2 heterocycles. The Morgan fingerprint density at radius 2 is 1.81 bits per heavy atom.